The van der Waals surface area contributed by atoms with Crippen molar-refractivity contribution in [3.05, 3.63) is 58.5 Å². The van der Waals surface area contributed by atoms with E-state index in [4.69, 9.17) is 6.57 Å². The minimum atomic E-state index is -4.36. The minimum Gasteiger partial charge on any atom is -0.461 e. The molecule has 0 amide bonds. The van der Waals surface area contributed by atoms with Crippen molar-refractivity contribution in [2.45, 2.75) is 31.6 Å². The van der Waals surface area contributed by atoms with Crippen LogP contribution in [0.2, 0.25) is 0 Å². The zero-order valence-corrected chi connectivity index (χ0v) is 14.9. The molecule has 1 aliphatic carbocycles. The summed E-state index contributed by atoms with van der Waals surface area (Å²) < 4.78 is 76.3. The quantitative estimate of drug-likeness (QED) is 0.420. The van der Waals surface area contributed by atoms with Crippen molar-refractivity contribution >= 4 is 17.4 Å². The number of halogens is 5. The molecule has 0 saturated carbocycles. The topological polar surface area (TPSA) is 52.7 Å². The second-order valence-electron chi connectivity index (χ2n) is 6.31. The number of rotatable bonds is 4. The molecule has 152 valence electrons. The first-order chi connectivity index (χ1) is 13.5. The Morgan fingerprint density at radius 3 is 2.69 bits per heavy atom. The van der Waals surface area contributed by atoms with Gasteiger partial charge in [0.1, 0.15) is 5.82 Å². The summed E-state index contributed by atoms with van der Waals surface area (Å²) in [7, 11) is 0. The van der Waals surface area contributed by atoms with Gasteiger partial charge in [0.15, 0.2) is 0 Å². The highest BCUT2D eigenvalue weighted by Crippen LogP contribution is 2.43. The molecular formula is C19H13F5N2O3. The van der Waals surface area contributed by atoms with Gasteiger partial charge >= 0.3 is 17.8 Å². The monoisotopic (exact) mass is 412 g/mol. The molecule has 1 aromatic heterocycles. The van der Waals surface area contributed by atoms with Crippen molar-refractivity contribution < 1.29 is 36.3 Å². The maximum atomic E-state index is 14.7. The summed E-state index contributed by atoms with van der Waals surface area (Å²) in [6.45, 7) is 7.87. The molecule has 0 saturated heterocycles. The van der Waals surface area contributed by atoms with Gasteiger partial charge in [-0.2, -0.15) is 17.6 Å². The molecule has 0 unspecified atom stereocenters. The van der Waals surface area contributed by atoms with Gasteiger partial charge in [-0.15, -0.1) is 0 Å². The molecule has 10 heteroatoms. The number of alkyl halides is 4. The average Bonchev–Trinajstić information content (AvgIpc) is 3.06. The Balaban J connectivity index is 2.28. The summed E-state index contributed by atoms with van der Waals surface area (Å²) in [4.78, 5) is 27.0. The Kier molecular flexibility index (Phi) is 4.94. The van der Waals surface area contributed by atoms with E-state index in [0.717, 1.165) is 22.8 Å². The molecule has 5 nitrogen and oxygen atoms in total. The van der Waals surface area contributed by atoms with Crippen molar-refractivity contribution in [1.29, 1.82) is 0 Å². The molecule has 0 bridgehead atoms. The number of hydrogen-bond donors (Lipinski definition) is 0. The van der Waals surface area contributed by atoms with Crippen molar-refractivity contribution in [2.24, 2.45) is 0 Å². The number of Topliss-reactive ketones (excluding diaryl/α,β-unsaturated/α-hetero) is 1. The predicted molar refractivity (Wildman–Crippen MR) is 90.1 cm³/mol. The van der Waals surface area contributed by atoms with Crippen LogP contribution in [0.1, 0.15) is 35.0 Å². The lowest BCUT2D eigenvalue weighted by Gasteiger charge is -2.24. The number of esters is 1. The molecular weight excluding hydrogens is 399 g/mol. The molecule has 0 N–H and O–H groups in total. The third kappa shape index (κ3) is 3.26. The van der Waals surface area contributed by atoms with Crippen LogP contribution in [-0.4, -0.2) is 28.8 Å². The molecule has 2 aromatic rings. The van der Waals surface area contributed by atoms with E-state index in [1.807, 2.05) is 0 Å². The van der Waals surface area contributed by atoms with Gasteiger partial charge in [0.05, 0.1) is 24.3 Å². The second-order valence-corrected chi connectivity index (χ2v) is 6.31. The lowest BCUT2D eigenvalue weighted by molar-refractivity contribution is -0.173. The first-order valence-corrected chi connectivity index (χ1v) is 8.44. The van der Waals surface area contributed by atoms with E-state index in [-0.39, 0.29) is 18.0 Å². The van der Waals surface area contributed by atoms with Gasteiger partial charge in [-0.3, -0.25) is 4.79 Å². The fourth-order valence-electron chi connectivity index (χ4n) is 3.15. The first-order valence-electron chi connectivity index (χ1n) is 8.44. The molecule has 3 rings (SSSR count). The van der Waals surface area contributed by atoms with E-state index in [1.165, 1.54) is 6.92 Å². The molecule has 1 aliphatic rings. The van der Waals surface area contributed by atoms with Crippen LogP contribution in [-0.2, 0) is 21.9 Å². The summed E-state index contributed by atoms with van der Waals surface area (Å²) in [5.74, 6) is -12.9. The first kappa shape index (κ1) is 20.5. The van der Waals surface area contributed by atoms with E-state index in [0.29, 0.717) is 6.20 Å². The largest absolute Gasteiger partial charge is 0.461 e. The van der Waals surface area contributed by atoms with E-state index in [1.54, 1.807) is 0 Å². The Morgan fingerprint density at radius 1 is 1.38 bits per heavy atom. The van der Waals surface area contributed by atoms with Gasteiger partial charge in [-0.25, -0.2) is 14.0 Å². The number of nitrogens with zero attached hydrogens (tertiary/aromatic N) is 2. The SMILES string of the molecule is [C-]#[N+]c1cc(-n2cc(C(F)(F)C(=O)OCC)c3c2CCC(F)(F)C3=O)ccc1F. The van der Waals surface area contributed by atoms with Crippen LogP contribution in [0.3, 0.4) is 0 Å². The molecule has 0 radical (unpaired) electrons. The van der Waals surface area contributed by atoms with Gasteiger partial charge in [-0.1, -0.05) is 0 Å². The molecule has 1 heterocycles. The van der Waals surface area contributed by atoms with Crippen molar-refractivity contribution in [3.63, 3.8) is 0 Å². The summed E-state index contributed by atoms with van der Waals surface area (Å²) in [5, 5.41) is 0. The molecule has 0 atom stereocenters. The van der Waals surface area contributed by atoms with Gasteiger partial charge in [0.2, 0.25) is 11.5 Å². The predicted octanol–water partition coefficient (Wildman–Crippen LogP) is 4.59. The van der Waals surface area contributed by atoms with E-state index < -0.39 is 59.1 Å². The number of fused-ring (bicyclic) bond motifs is 1. The van der Waals surface area contributed by atoms with Crippen LogP contribution in [0.4, 0.5) is 27.6 Å². The fourth-order valence-corrected chi connectivity index (χ4v) is 3.15. The molecule has 0 spiro atoms. The standard InChI is InChI=1S/C19H13F5N2O3/c1-3-29-17(28)19(23,24)11-9-26(10-4-5-12(20)13(8-10)25-2)14-6-7-18(21,22)16(27)15(11)14/h4-5,8-9H,3,6-7H2,1H3. The minimum absolute atomic E-state index is 0.0116. The molecule has 0 fully saturated rings. The average molecular weight is 412 g/mol. The Morgan fingerprint density at radius 2 is 2.07 bits per heavy atom. The Hall–Kier alpha value is -3.22. The second kappa shape index (κ2) is 6.99. The highest BCUT2D eigenvalue weighted by atomic mass is 19.3. The molecule has 29 heavy (non-hydrogen) atoms. The highest BCUT2D eigenvalue weighted by Gasteiger charge is 2.53. The number of ketones is 1. The van der Waals surface area contributed by atoms with Crippen molar-refractivity contribution in [3.8, 4) is 5.69 Å². The third-order valence-electron chi connectivity index (χ3n) is 4.54. The van der Waals surface area contributed by atoms with Gasteiger partial charge in [0, 0.05) is 24.0 Å². The zero-order valence-electron chi connectivity index (χ0n) is 14.9. The summed E-state index contributed by atoms with van der Waals surface area (Å²) in [6, 6.07) is 3.09. The number of carbonyl (C=O) groups is 2. The number of aromatic nitrogens is 1. The summed E-state index contributed by atoms with van der Waals surface area (Å²) >= 11 is 0. The van der Waals surface area contributed by atoms with Gasteiger partial charge in [0.25, 0.3) is 0 Å². The Bertz CT molecular complexity index is 1050. The van der Waals surface area contributed by atoms with Crippen LogP contribution in [0, 0.1) is 12.4 Å². The lowest BCUT2D eigenvalue weighted by Crippen LogP contribution is -2.37. The van der Waals surface area contributed by atoms with Crippen LogP contribution < -0.4 is 0 Å². The van der Waals surface area contributed by atoms with E-state index in [9.17, 15) is 31.5 Å². The van der Waals surface area contributed by atoms with Gasteiger partial charge < -0.3 is 9.30 Å². The molecule has 1 aromatic carbocycles. The van der Waals surface area contributed by atoms with Crippen LogP contribution in [0.25, 0.3) is 10.5 Å². The van der Waals surface area contributed by atoms with Gasteiger partial charge in [-0.05, 0) is 31.5 Å². The maximum absolute atomic E-state index is 14.7. The normalized spacial score (nSPS) is 15.6. The number of benzene rings is 1. The lowest BCUT2D eigenvalue weighted by atomic mass is 9.89. The van der Waals surface area contributed by atoms with Crippen molar-refractivity contribution in [2.75, 3.05) is 6.61 Å². The number of ether oxygens (including phenoxy) is 1. The smallest absolute Gasteiger partial charge is 0.382 e. The third-order valence-corrected chi connectivity index (χ3v) is 4.54. The van der Waals surface area contributed by atoms with E-state index >= 15 is 0 Å². The van der Waals surface area contributed by atoms with Crippen LogP contribution >= 0.6 is 0 Å². The van der Waals surface area contributed by atoms with E-state index in [2.05, 4.69) is 9.58 Å². The highest BCUT2D eigenvalue weighted by molar-refractivity contribution is 6.06. The summed E-state index contributed by atoms with van der Waals surface area (Å²) in [5.41, 5.74) is -2.77. The zero-order chi connectivity index (χ0) is 21.6. The van der Waals surface area contributed by atoms with Crippen LogP contribution in [0.5, 0.6) is 0 Å². The summed E-state index contributed by atoms with van der Waals surface area (Å²) in [6.07, 6.45) is -0.677. The fraction of sp³-hybridized carbons (Fsp3) is 0.316. The van der Waals surface area contributed by atoms with Crippen molar-refractivity contribution in [1.82, 2.24) is 4.57 Å². The number of carbonyl (C=O) groups excluding carboxylic acids is 2. The Labute approximate surface area is 161 Å². The van der Waals surface area contributed by atoms with Crippen LogP contribution in [0.15, 0.2) is 24.4 Å². The number of hydrogen-bond acceptors (Lipinski definition) is 3. The maximum Gasteiger partial charge on any atom is 0.382 e. The molecule has 0 aliphatic heterocycles.